The number of nitrogens with zero attached hydrogens (tertiary/aromatic N) is 1. The maximum Gasteiger partial charge on any atom is 0.348 e. The number of methoxy groups -OCH3 is 1. The number of halogens is 2. The number of carbonyl (C=O) groups excluding carboxylic acids is 2. The summed E-state index contributed by atoms with van der Waals surface area (Å²) in [7, 11) is 1.18. The van der Waals surface area contributed by atoms with Crippen LogP contribution < -0.4 is 4.74 Å². The lowest BCUT2D eigenvalue weighted by Crippen LogP contribution is -2.09. The van der Waals surface area contributed by atoms with E-state index in [-0.39, 0.29) is 21.9 Å². The molecule has 7 heteroatoms. The van der Waals surface area contributed by atoms with Gasteiger partial charge in [0.25, 0.3) is 0 Å². The van der Waals surface area contributed by atoms with Gasteiger partial charge in [-0.25, -0.2) is 9.59 Å². The summed E-state index contributed by atoms with van der Waals surface area (Å²) in [6, 6.07) is 12.5. The van der Waals surface area contributed by atoms with E-state index in [1.54, 1.807) is 24.3 Å². The third kappa shape index (κ3) is 4.83. The van der Waals surface area contributed by atoms with Crippen molar-refractivity contribution >= 4 is 41.2 Å². The van der Waals surface area contributed by atoms with Crippen molar-refractivity contribution in [2.45, 2.75) is 0 Å². The van der Waals surface area contributed by atoms with E-state index >= 15 is 0 Å². The monoisotopic (exact) mass is 375 g/mol. The Hall–Kier alpha value is -2.81. The van der Waals surface area contributed by atoms with Crippen LogP contribution in [0.4, 0.5) is 0 Å². The van der Waals surface area contributed by atoms with Crippen LogP contribution in [0.3, 0.4) is 0 Å². The topological polar surface area (TPSA) is 76.4 Å². The number of ether oxygens (including phenoxy) is 2. The molecule has 0 atom stereocenters. The van der Waals surface area contributed by atoms with Gasteiger partial charge < -0.3 is 9.47 Å². The number of rotatable bonds is 4. The molecule has 2 aromatic carbocycles. The van der Waals surface area contributed by atoms with Crippen molar-refractivity contribution in [2.75, 3.05) is 7.11 Å². The Morgan fingerprint density at radius 1 is 1.16 bits per heavy atom. The van der Waals surface area contributed by atoms with Gasteiger partial charge in [-0.15, -0.1) is 0 Å². The van der Waals surface area contributed by atoms with Gasteiger partial charge in [-0.1, -0.05) is 35.3 Å². The van der Waals surface area contributed by atoms with Crippen molar-refractivity contribution < 1.29 is 19.1 Å². The maximum atomic E-state index is 12.2. The minimum atomic E-state index is -0.752. The molecule has 25 heavy (non-hydrogen) atoms. The Morgan fingerprint density at radius 2 is 1.92 bits per heavy atom. The third-order valence-corrected chi connectivity index (χ3v) is 3.60. The summed E-state index contributed by atoms with van der Waals surface area (Å²) in [4.78, 5) is 23.6. The normalized spacial score (nSPS) is 10.7. The lowest BCUT2D eigenvalue weighted by molar-refractivity contribution is -0.135. The minimum Gasteiger partial charge on any atom is -0.465 e. The molecule has 2 rings (SSSR count). The molecule has 5 nitrogen and oxygen atoms in total. The van der Waals surface area contributed by atoms with E-state index in [0.717, 1.165) is 0 Å². The first kappa shape index (κ1) is 18.5. The van der Waals surface area contributed by atoms with Crippen molar-refractivity contribution in [1.82, 2.24) is 0 Å². The zero-order valence-corrected chi connectivity index (χ0v) is 14.5. The molecule has 0 N–H and O–H groups in total. The summed E-state index contributed by atoms with van der Waals surface area (Å²) < 4.78 is 9.78. The molecule has 0 amide bonds. The van der Waals surface area contributed by atoms with E-state index in [2.05, 4.69) is 4.74 Å². The second kappa shape index (κ2) is 8.34. The molecule has 0 saturated heterocycles. The first-order chi connectivity index (χ1) is 11.9. The van der Waals surface area contributed by atoms with Crippen LogP contribution in [0.5, 0.6) is 5.75 Å². The maximum absolute atomic E-state index is 12.2. The second-order valence-electron chi connectivity index (χ2n) is 4.75. The Labute approximate surface area is 154 Å². The summed E-state index contributed by atoms with van der Waals surface area (Å²) in [6.07, 6.45) is 1.33. The molecule has 0 fully saturated rings. The summed E-state index contributed by atoms with van der Waals surface area (Å²) in [5.74, 6) is -1.18. The standard InChI is InChI=1S/C18H11Cl2NO4/c1-24-17(22)12(10-21)7-11-3-2-4-14(8-11)25-18(23)15-6-5-13(19)9-16(15)20/h2-9H,1H3/b12-7+. The highest BCUT2D eigenvalue weighted by Crippen LogP contribution is 2.23. The Bertz CT molecular complexity index is 900. The van der Waals surface area contributed by atoms with E-state index in [4.69, 9.17) is 33.2 Å². The highest BCUT2D eigenvalue weighted by atomic mass is 35.5. The quantitative estimate of drug-likeness (QED) is 0.344. The molecule has 0 aliphatic carbocycles. The first-order valence-electron chi connectivity index (χ1n) is 6.92. The molecule has 0 spiro atoms. The molecular formula is C18H11Cl2NO4. The van der Waals surface area contributed by atoms with Gasteiger partial charge in [0.1, 0.15) is 17.4 Å². The average Bonchev–Trinajstić information content (AvgIpc) is 2.59. The minimum absolute atomic E-state index is 0.166. The zero-order chi connectivity index (χ0) is 18.4. The molecule has 0 saturated carbocycles. The molecule has 0 aliphatic rings. The molecule has 0 unspecified atom stereocenters. The fraction of sp³-hybridized carbons (Fsp3) is 0.0556. The average molecular weight is 376 g/mol. The molecule has 0 aromatic heterocycles. The van der Waals surface area contributed by atoms with Crippen molar-refractivity contribution in [3.63, 3.8) is 0 Å². The predicted molar refractivity (Wildman–Crippen MR) is 93.5 cm³/mol. The number of carbonyl (C=O) groups is 2. The van der Waals surface area contributed by atoms with Gasteiger partial charge >= 0.3 is 11.9 Å². The summed E-state index contributed by atoms with van der Waals surface area (Å²) in [5.41, 5.74) is 0.487. The number of benzene rings is 2. The van der Waals surface area contributed by atoms with Crippen molar-refractivity contribution in [1.29, 1.82) is 5.26 Å². The number of esters is 2. The van der Waals surface area contributed by atoms with Gasteiger partial charge in [0.2, 0.25) is 0 Å². The zero-order valence-electron chi connectivity index (χ0n) is 13.0. The SMILES string of the molecule is COC(=O)/C(C#N)=C/c1cccc(OC(=O)c2ccc(Cl)cc2Cl)c1. The van der Waals surface area contributed by atoms with Crippen LogP contribution in [-0.2, 0) is 9.53 Å². The Kier molecular flexibility index (Phi) is 6.18. The van der Waals surface area contributed by atoms with E-state index in [9.17, 15) is 9.59 Å². The van der Waals surface area contributed by atoms with Crippen LogP contribution in [0.15, 0.2) is 48.0 Å². The fourth-order valence-electron chi connectivity index (χ4n) is 1.90. The van der Waals surface area contributed by atoms with E-state index in [0.29, 0.717) is 10.6 Å². The lowest BCUT2D eigenvalue weighted by Gasteiger charge is -2.07. The first-order valence-corrected chi connectivity index (χ1v) is 7.67. The van der Waals surface area contributed by atoms with Gasteiger partial charge in [-0.05, 0) is 42.0 Å². The van der Waals surface area contributed by atoms with Crippen LogP contribution >= 0.6 is 23.2 Å². The number of hydrogen-bond donors (Lipinski definition) is 0. The van der Waals surface area contributed by atoms with Gasteiger partial charge in [-0.2, -0.15) is 5.26 Å². The van der Waals surface area contributed by atoms with Crippen LogP contribution in [0, 0.1) is 11.3 Å². The summed E-state index contributed by atoms with van der Waals surface area (Å²) >= 11 is 11.8. The van der Waals surface area contributed by atoms with Gasteiger partial charge in [-0.3, -0.25) is 0 Å². The van der Waals surface area contributed by atoms with Crippen molar-refractivity contribution in [2.24, 2.45) is 0 Å². The predicted octanol–water partition coefficient (Wildman–Crippen LogP) is 4.29. The molecule has 0 bridgehead atoms. The molecule has 0 radical (unpaired) electrons. The van der Waals surface area contributed by atoms with Crippen LogP contribution in [-0.4, -0.2) is 19.0 Å². The van der Waals surface area contributed by atoms with E-state index in [1.165, 1.54) is 37.5 Å². The highest BCUT2D eigenvalue weighted by molar-refractivity contribution is 6.36. The van der Waals surface area contributed by atoms with Crippen molar-refractivity contribution in [3.8, 4) is 11.8 Å². The Balaban J connectivity index is 2.24. The Morgan fingerprint density at radius 3 is 2.56 bits per heavy atom. The molecule has 126 valence electrons. The summed E-state index contributed by atoms with van der Waals surface area (Å²) in [5, 5.41) is 9.55. The lowest BCUT2D eigenvalue weighted by atomic mass is 10.1. The molecule has 0 heterocycles. The van der Waals surface area contributed by atoms with Crippen LogP contribution in [0.1, 0.15) is 15.9 Å². The summed E-state index contributed by atoms with van der Waals surface area (Å²) in [6.45, 7) is 0. The van der Waals surface area contributed by atoms with Crippen LogP contribution in [0.25, 0.3) is 6.08 Å². The smallest absolute Gasteiger partial charge is 0.348 e. The molecular weight excluding hydrogens is 365 g/mol. The molecule has 2 aromatic rings. The number of nitriles is 1. The second-order valence-corrected chi connectivity index (χ2v) is 5.59. The third-order valence-electron chi connectivity index (χ3n) is 3.06. The largest absolute Gasteiger partial charge is 0.465 e. The van der Waals surface area contributed by atoms with Gasteiger partial charge in [0, 0.05) is 5.02 Å². The fourth-order valence-corrected chi connectivity index (χ4v) is 2.38. The van der Waals surface area contributed by atoms with Crippen molar-refractivity contribution in [3.05, 3.63) is 69.2 Å². The van der Waals surface area contributed by atoms with E-state index < -0.39 is 11.9 Å². The van der Waals surface area contributed by atoms with Gasteiger partial charge in [0.15, 0.2) is 0 Å². The van der Waals surface area contributed by atoms with Crippen LogP contribution in [0.2, 0.25) is 10.0 Å². The molecule has 0 aliphatic heterocycles. The highest BCUT2D eigenvalue weighted by Gasteiger charge is 2.14. The number of hydrogen-bond acceptors (Lipinski definition) is 5. The van der Waals surface area contributed by atoms with E-state index in [1.807, 2.05) is 0 Å². The van der Waals surface area contributed by atoms with Gasteiger partial charge in [0.05, 0.1) is 17.7 Å².